The van der Waals surface area contributed by atoms with E-state index in [1.165, 1.54) is 18.1 Å². The van der Waals surface area contributed by atoms with Crippen molar-refractivity contribution in [3.63, 3.8) is 0 Å². The molecule has 0 atom stereocenters. The summed E-state index contributed by atoms with van der Waals surface area (Å²) in [5, 5.41) is 4.21. The highest BCUT2D eigenvalue weighted by Crippen LogP contribution is 2.34. The summed E-state index contributed by atoms with van der Waals surface area (Å²) in [6.07, 6.45) is 8.11. The first-order chi connectivity index (χ1) is 14.0. The van der Waals surface area contributed by atoms with Crippen LogP contribution in [-0.4, -0.2) is 38.7 Å². The molecule has 0 bridgehead atoms. The molecule has 0 amide bonds. The Hall–Kier alpha value is -2.76. The van der Waals surface area contributed by atoms with Gasteiger partial charge in [-0.1, -0.05) is 31.5 Å². The molecular weight excluding hydrogens is 384 g/mol. The van der Waals surface area contributed by atoms with Gasteiger partial charge in [0, 0.05) is 23.0 Å². The molecule has 0 saturated carbocycles. The van der Waals surface area contributed by atoms with Gasteiger partial charge in [0.2, 0.25) is 0 Å². The molecule has 3 rings (SSSR count). The van der Waals surface area contributed by atoms with E-state index in [9.17, 15) is 0 Å². The molecule has 0 saturated heterocycles. The van der Waals surface area contributed by atoms with Gasteiger partial charge in [-0.15, -0.1) is 6.42 Å². The maximum atomic E-state index is 6.05. The smallest absolute Gasteiger partial charge is 0.175 e. The summed E-state index contributed by atoms with van der Waals surface area (Å²) in [6.45, 7) is 8.47. The predicted molar refractivity (Wildman–Crippen MR) is 117 cm³/mol. The molecule has 0 unspecified atom stereocenters. The number of nitrogens with two attached hydrogens (primary N) is 1. The third-order valence-electron chi connectivity index (χ3n) is 4.26. The molecule has 0 aliphatic carbocycles. The number of imidazole rings is 1. The Labute approximate surface area is 175 Å². The number of nitrogens with zero attached hydrogens (tertiary/aromatic N) is 4. The number of ether oxygens (including phenoxy) is 1. The monoisotopic (exact) mass is 410 g/mol. The molecule has 0 fully saturated rings. The number of aryl methyl sites for hydroxylation is 1. The first-order valence-corrected chi connectivity index (χ1v) is 10.5. The van der Waals surface area contributed by atoms with E-state index in [0.29, 0.717) is 24.0 Å². The van der Waals surface area contributed by atoms with Gasteiger partial charge in [-0.25, -0.2) is 15.0 Å². The summed E-state index contributed by atoms with van der Waals surface area (Å²) < 4.78 is 7.71. The number of hydrogen-bond donors (Lipinski definition) is 2. The largest absolute Gasteiger partial charge is 0.494 e. The highest BCUT2D eigenvalue weighted by Gasteiger charge is 2.17. The van der Waals surface area contributed by atoms with E-state index >= 15 is 0 Å². The van der Waals surface area contributed by atoms with Crippen LogP contribution in [0.25, 0.3) is 11.2 Å². The molecule has 3 N–H and O–H groups in total. The van der Waals surface area contributed by atoms with Gasteiger partial charge in [0.1, 0.15) is 12.1 Å². The molecular formula is C21H26N6OS. The van der Waals surface area contributed by atoms with Crippen LogP contribution in [0.3, 0.4) is 0 Å². The van der Waals surface area contributed by atoms with E-state index in [-0.39, 0.29) is 0 Å². The zero-order chi connectivity index (χ0) is 20.8. The lowest BCUT2D eigenvalue weighted by molar-refractivity contribution is 0.339. The lowest BCUT2D eigenvalue weighted by Gasteiger charge is -2.12. The van der Waals surface area contributed by atoms with Crippen LogP contribution in [-0.2, 0) is 6.54 Å². The number of nitrogen functional groups attached to an aromatic ring is 1. The Balaban J connectivity index is 1.96. The van der Waals surface area contributed by atoms with E-state index in [1.807, 2.05) is 25.1 Å². The number of aromatic nitrogens is 4. The Morgan fingerprint density at radius 1 is 1.34 bits per heavy atom. The van der Waals surface area contributed by atoms with Crippen LogP contribution in [0.2, 0.25) is 0 Å². The number of hydrogen-bond acceptors (Lipinski definition) is 7. The van der Waals surface area contributed by atoms with Gasteiger partial charge in [0.15, 0.2) is 22.1 Å². The topological polar surface area (TPSA) is 90.9 Å². The zero-order valence-electron chi connectivity index (χ0n) is 17.0. The van der Waals surface area contributed by atoms with Gasteiger partial charge in [-0.3, -0.25) is 0 Å². The molecule has 7 nitrogen and oxygen atoms in total. The highest BCUT2D eigenvalue weighted by molar-refractivity contribution is 7.99. The van der Waals surface area contributed by atoms with Crippen LogP contribution in [0.4, 0.5) is 5.82 Å². The van der Waals surface area contributed by atoms with Gasteiger partial charge < -0.3 is 20.4 Å². The van der Waals surface area contributed by atoms with Crippen molar-refractivity contribution in [3.05, 3.63) is 30.1 Å². The van der Waals surface area contributed by atoms with Crippen molar-refractivity contribution in [2.45, 2.75) is 49.8 Å². The molecule has 0 radical (unpaired) electrons. The molecule has 2 heterocycles. The highest BCUT2D eigenvalue weighted by atomic mass is 32.2. The van der Waals surface area contributed by atoms with Crippen LogP contribution in [0.5, 0.6) is 5.75 Å². The quantitative estimate of drug-likeness (QED) is 0.413. The molecule has 0 aliphatic rings. The minimum atomic E-state index is 0.371. The average molecular weight is 411 g/mol. The van der Waals surface area contributed by atoms with Crippen molar-refractivity contribution in [2.24, 2.45) is 0 Å². The van der Waals surface area contributed by atoms with Crippen LogP contribution in [0, 0.1) is 12.3 Å². The Morgan fingerprint density at radius 2 is 2.17 bits per heavy atom. The minimum Gasteiger partial charge on any atom is -0.494 e. The lowest BCUT2D eigenvalue weighted by atomic mass is 10.2. The van der Waals surface area contributed by atoms with Gasteiger partial charge in [-0.05, 0) is 38.1 Å². The normalized spacial score (nSPS) is 11.1. The van der Waals surface area contributed by atoms with Gasteiger partial charge >= 0.3 is 0 Å². The maximum Gasteiger partial charge on any atom is 0.175 e. The lowest BCUT2D eigenvalue weighted by Crippen LogP contribution is -2.24. The van der Waals surface area contributed by atoms with Crippen LogP contribution >= 0.6 is 11.8 Å². The fraction of sp³-hybridized carbons (Fsp3) is 0.381. The summed E-state index contributed by atoms with van der Waals surface area (Å²) in [4.78, 5) is 14.1. The number of anilines is 1. The molecule has 0 aliphatic heterocycles. The molecule has 1 aromatic carbocycles. The van der Waals surface area contributed by atoms with E-state index in [2.05, 4.69) is 39.6 Å². The van der Waals surface area contributed by atoms with Gasteiger partial charge in [0.05, 0.1) is 6.61 Å². The predicted octanol–water partition coefficient (Wildman–Crippen LogP) is 3.33. The molecule has 2 aromatic heterocycles. The van der Waals surface area contributed by atoms with Crippen molar-refractivity contribution in [1.29, 1.82) is 0 Å². The van der Waals surface area contributed by atoms with Crippen molar-refractivity contribution in [2.75, 3.05) is 18.9 Å². The number of fused-ring (bicyclic) bond motifs is 1. The van der Waals surface area contributed by atoms with E-state index in [0.717, 1.165) is 46.5 Å². The summed E-state index contributed by atoms with van der Waals surface area (Å²) in [7, 11) is 0. The average Bonchev–Trinajstić information content (AvgIpc) is 3.04. The summed E-state index contributed by atoms with van der Waals surface area (Å²) >= 11 is 1.49. The summed E-state index contributed by atoms with van der Waals surface area (Å²) in [6, 6.07) is 6.16. The molecule has 152 valence electrons. The Morgan fingerprint density at radius 3 is 2.90 bits per heavy atom. The maximum absolute atomic E-state index is 6.05. The van der Waals surface area contributed by atoms with Gasteiger partial charge in [0.25, 0.3) is 0 Å². The fourth-order valence-electron chi connectivity index (χ4n) is 2.90. The second-order valence-corrected chi connectivity index (χ2v) is 7.79. The third-order valence-corrected chi connectivity index (χ3v) is 5.31. The zero-order valence-corrected chi connectivity index (χ0v) is 17.8. The van der Waals surface area contributed by atoms with Crippen molar-refractivity contribution in [3.8, 4) is 18.1 Å². The van der Waals surface area contributed by atoms with Gasteiger partial charge in [-0.2, -0.15) is 0 Å². The first kappa shape index (κ1) is 21.0. The third kappa shape index (κ3) is 5.00. The summed E-state index contributed by atoms with van der Waals surface area (Å²) in [5.74, 6) is 3.88. The number of rotatable bonds is 9. The minimum absolute atomic E-state index is 0.371. The standard InChI is InChI=1S/C21H26N6OS/c1-5-15-8-9-16(28-6-2)12-17(15)29-21-26-18-19(22)24-13-25-20(18)27(21)11-7-10-23-14(3)4/h1,8-9,12-14,23H,6-7,10-11H2,2-4H3,(H2,22,24,25). The second-order valence-electron chi connectivity index (χ2n) is 6.78. The number of terminal acetylenes is 1. The summed E-state index contributed by atoms with van der Waals surface area (Å²) in [5.41, 5.74) is 8.17. The van der Waals surface area contributed by atoms with Crippen LogP contribution in [0.1, 0.15) is 32.8 Å². The van der Waals surface area contributed by atoms with Crippen molar-refractivity contribution in [1.82, 2.24) is 24.8 Å². The number of benzene rings is 1. The second kappa shape index (κ2) is 9.63. The Bertz CT molecular complexity index is 1020. The van der Waals surface area contributed by atoms with E-state index < -0.39 is 0 Å². The fourth-order valence-corrected chi connectivity index (χ4v) is 3.94. The van der Waals surface area contributed by atoms with E-state index in [1.54, 1.807) is 0 Å². The molecule has 0 spiro atoms. The Kier molecular flexibility index (Phi) is 6.96. The van der Waals surface area contributed by atoms with Crippen LogP contribution < -0.4 is 15.8 Å². The molecule has 3 aromatic rings. The van der Waals surface area contributed by atoms with Crippen molar-refractivity contribution < 1.29 is 4.74 Å². The van der Waals surface area contributed by atoms with Crippen molar-refractivity contribution >= 4 is 28.7 Å². The SMILES string of the molecule is C#Cc1ccc(OCC)cc1Sc1nc2c(N)ncnc2n1CCCNC(C)C. The molecule has 29 heavy (non-hydrogen) atoms. The first-order valence-electron chi connectivity index (χ1n) is 9.64. The van der Waals surface area contributed by atoms with E-state index in [4.69, 9.17) is 21.9 Å². The molecule has 8 heteroatoms. The van der Waals surface area contributed by atoms with Crippen LogP contribution in [0.15, 0.2) is 34.6 Å². The number of nitrogens with one attached hydrogen (secondary N) is 1.